The maximum absolute atomic E-state index is 12.7. The lowest BCUT2D eigenvalue weighted by Gasteiger charge is -2.29. The molecule has 0 saturated carbocycles. The van der Waals surface area contributed by atoms with E-state index in [2.05, 4.69) is 29.1 Å². The largest absolute Gasteiger partial charge is 0.306 e. The highest BCUT2D eigenvalue weighted by Gasteiger charge is 2.37. The molecule has 2 rings (SSSR count). The molecule has 7 heteroatoms. The first-order valence-electron chi connectivity index (χ1n) is 6.82. The zero-order valence-corrected chi connectivity index (χ0v) is 13.7. The average Bonchev–Trinajstić information content (AvgIpc) is 2.82. The molecule has 114 valence electrons. The Hall–Kier alpha value is -0.920. The number of likely N-dealkylation sites (tertiary alicyclic amines) is 1. The fraction of sp³-hybridized carbons (Fsp3) is 0.769. The average molecular weight is 300 g/mol. The Labute approximate surface area is 121 Å². The number of hydrogen-bond acceptors (Lipinski definition) is 4. The van der Waals surface area contributed by atoms with Gasteiger partial charge in [-0.25, -0.2) is 12.7 Å². The summed E-state index contributed by atoms with van der Waals surface area (Å²) in [6, 6.07) is 0. The van der Waals surface area contributed by atoms with Crippen molar-refractivity contribution in [3.05, 3.63) is 11.4 Å². The predicted octanol–water partition coefficient (Wildman–Crippen LogP) is 0.989. The van der Waals surface area contributed by atoms with Crippen LogP contribution in [0.15, 0.2) is 4.90 Å². The molecule has 1 N–H and O–H groups in total. The molecular weight excluding hydrogens is 276 g/mol. The van der Waals surface area contributed by atoms with E-state index in [4.69, 9.17) is 0 Å². The van der Waals surface area contributed by atoms with Gasteiger partial charge in [-0.3, -0.25) is 5.10 Å². The van der Waals surface area contributed by atoms with Crippen LogP contribution in [0.2, 0.25) is 0 Å². The number of sulfonamides is 1. The lowest BCUT2D eigenvalue weighted by Crippen LogP contribution is -2.39. The smallest absolute Gasteiger partial charge is 0.246 e. The van der Waals surface area contributed by atoms with E-state index in [0.29, 0.717) is 22.8 Å². The van der Waals surface area contributed by atoms with Gasteiger partial charge in [0.25, 0.3) is 0 Å². The molecule has 1 atom stereocenters. The summed E-state index contributed by atoms with van der Waals surface area (Å²) < 4.78 is 26.9. The number of aryl methyl sites for hydroxylation is 2. The first-order chi connectivity index (χ1) is 9.16. The van der Waals surface area contributed by atoms with E-state index in [0.717, 1.165) is 19.5 Å². The zero-order chi connectivity index (χ0) is 15.1. The molecule has 6 nitrogen and oxygen atoms in total. The van der Waals surface area contributed by atoms with E-state index in [1.165, 1.54) is 4.31 Å². The highest BCUT2D eigenvalue weighted by Crippen LogP contribution is 2.31. The minimum Gasteiger partial charge on any atom is -0.306 e. The van der Waals surface area contributed by atoms with Gasteiger partial charge in [0.1, 0.15) is 4.90 Å². The van der Waals surface area contributed by atoms with Crippen molar-refractivity contribution < 1.29 is 8.42 Å². The van der Waals surface area contributed by atoms with E-state index in [1.807, 2.05) is 0 Å². The molecule has 1 fully saturated rings. The van der Waals surface area contributed by atoms with Gasteiger partial charge in [-0.05, 0) is 39.3 Å². The SMILES string of the molecule is Cc1n[nH]c(C)c1S(=O)(=O)N(C)CC1(C)CCN(C)C1. The van der Waals surface area contributed by atoms with Crippen LogP contribution in [0.1, 0.15) is 24.7 Å². The van der Waals surface area contributed by atoms with Crippen LogP contribution in [-0.4, -0.2) is 61.5 Å². The Morgan fingerprint density at radius 3 is 2.55 bits per heavy atom. The second kappa shape index (κ2) is 5.13. The van der Waals surface area contributed by atoms with Gasteiger partial charge in [0.15, 0.2) is 0 Å². The van der Waals surface area contributed by atoms with Gasteiger partial charge in [0, 0.05) is 20.1 Å². The van der Waals surface area contributed by atoms with E-state index in [1.54, 1.807) is 20.9 Å². The second-order valence-corrected chi connectivity index (χ2v) is 8.30. The number of hydrogen-bond donors (Lipinski definition) is 1. The van der Waals surface area contributed by atoms with E-state index < -0.39 is 10.0 Å². The molecule has 0 amide bonds. The fourth-order valence-electron chi connectivity index (χ4n) is 3.10. The van der Waals surface area contributed by atoms with Crippen LogP contribution >= 0.6 is 0 Å². The van der Waals surface area contributed by atoms with Crippen molar-refractivity contribution >= 4 is 10.0 Å². The van der Waals surface area contributed by atoms with E-state index in [-0.39, 0.29) is 5.41 Å². The summed E-state index contributed by atoms with van der Waals surface area (Å²) in [4.78, 5) is 2.56. The molecule has 1 aromatic rings. The summed E-state index contributed by atoms with van der Waals surface area (Å²) in [5, 5.41) is 6.73. The Balaban J connectivity index is 2.23. The van der Waals surface area contributed by atoms with Crippen molar-refractivity contribution in [2.75, 3.05) is 33.7 Å². The molecule has 1 saturated heterocycles. The van der Waals surface area contributed by atoms with Crippen LogP contribution < -0.4 is 0 Å². The van der Waals surface area contributed by atoms with Crippen molar-refractivity contribution in [3.63, 3.8) is 0 Å². The van der Waals surface area contributed by atoms with Gasteiger partial charge < -0.3 is 4.90 Å². The Bertz CT molecular complexity index is 576. The van der Waals surface area contributed by atoms with Crippen LogP contribution in [0.3, 0.4) is 0 Å². The molecule has 1 aliphatic rings. The lowest BCUT2D eigenvalue weighted by molar-refractivity contribution is 0.255. The first kappa shape index (κ1) is 15.5. The van der Waals surface area contributed by atoms with Gasteiger partial charge >= 0.3 is 0 Å². The van der Waals surface area contributed by atoms with E-state index >= 15 is 0 Å². The molecule has 2 heterocycles. The number of rotatable bonds is 4. The number of H-pyrrole nitrogens is 1. The van der Waals surface area contributed by atoms with Gasteiger partial charge in [-0.2, -0.15) is 5.10 Å². The van der Waals surface area contributed by atoms with Crippen molar-refractivity contribution in [3.8, 4) is 0 Å². The minimum atomic E-state index is -3.48. The summed E-state index contributed by atoms with van der Waals surface area (Å²) in [6.07, 6.45) is 1.02. The molecule has 1 aliphatic heterocycles. The van der Waals surface area contributed by atoms with Gasteiger partial charge in [0.05, 0.1) is 11.4 Å². The zero-order valence-electron chi connectivity index (χ0n) is 12.9. The molecule has 0 bridgehead atoms. The summed E-state index contributed by atoms with van der Waals surface area (Å²) in [7, 11) is 0.252. The number of nitrogens with one attached hydrogen (secondary N) is 1. The van der Waals surface area contributed by atoms with Gasteiger partial charge in [-0.1, -0.05) is 6.92 Å². The third-order valence-electron chi connectivity index (χ3n) is 4.08. The molecular formula is C13H24N4O2S. The number of nitrogens with zero attached hydrogens (tertiary/aromatic N) is 3. The second-order valence-electron chi connectivity index (χ2n) is 6.32. The Kier molecular flexibility index (Phi) is 3.96. The minimum absolute atomic E-state index is 0.0160. The topological polar surface area (TPSA) is 69.3 Å². The van der Waals surface area contributed by atoms with Crippen LogP contribution in [0.25, 0.3) is 0 Å². The Morgan fingerprint density at radius 2 is 2.10 bits per heavy atom. The summed E-state index contributed by atoms with van der Waals surface area (Å²) in [5.74, 6) is 0. The van der Waals surface area contributed by atoms with Crippen LogP contribution in [0.5, 0.6) is 0 Å². The maximum Gasteiger partial charge on any atom is 0.246 e. The Morgan fingerprint density at radius 1 is 1.45 bits per heavy atom. The molecule has 0 spiro atoms. The monoisotopic (exact) mass is 300 g/mol. The molecule has 0 radical (unpaired) electrons. The lowest BCUT2D eigenvalue weighted by atomic mass is 9.90. The fourth-order valence-corrected chi connectivity index (χ4v) is 4.74. The van der Waals surface area contributed by atoms with Crippen molar-refractivity contribution in [2.24, 2.45) is 5.41 Å². The van der Waals surface area contributed by atoms with Gasteiger partial charge in [0.2, 0.25) is 10.0 Å². The quantitative estimate of drug-likeness (QED) is 0.900. The molecule has 20 heavy (non-hydrogen) atoms. The predicted molar refractivity (Wildman–Crippen MR) is 78.1 cm³/mol. The number of aromatic nitrogens is 2. The maximum atomic E-state index is 12.7. The van der Waals surface area contributed by atoms with Crippen LogP contribution in [0, 0.1) is 19.3 Å². The van der Waals surface area contributed by atoms with Crippen LogP contribution in [0.4, 0.5) is 0 Å². The van der Waals surface area contributed by atoms with Crippen molar-refractivity contribution in [2.45, 2.75) is 32.1 Å². The molecule has 0 aliphatic carbocycles. The summed E-state index contributed by atoms with van der Waals surface area (Å²) >= 11 is 0. The third kappa shape index (κ3) is 2.75. The summed E-state index contributed by atoms with van der Waals surface area (Å²) in [5.41, 5.74) is 1.15. The standard InChI is InChI=1S/C13H24N4O2S/c1-10-12(11(2)15-14-10)20(18,19)17(5)9-13(3)6-7-16(4)8-13/h6-9H2,1-5H3,(H,14,15). The normalized spacial score (nSPS) is 24.7. The van der Waals surface area contributed by atoms with Gasteiger partial charge in [-0.15, -0.1) is 0 Å². The third-order valence-corrected chi connectivity index (χ3v) is 6.15. The first-order valence-corrected chi connectivity index (χ1v) is 8.26. The summed E-state index contributed by atoms with van der Waals surface area (Å²) in [6.45, 7) is 8.09. The number of aromatic amines is 1. The highest BCUT2D eigenvalue weighted by molar-refractivity contribution is 7.89. The molecule has 1 unspecified atom stereocenters. The van der Waals surface area contributed by atoms with Crippen molar-refractivity contribution in [1.29, 1.82) is 0 Å². The van der Waals surface area contributed by atoms with Crippen molar-refractivity contribution in [1.82, 2.24) is 19.4 Å². The highest BCUT2D eigenvalue weighted by atomic mass is 32.2. The van der Waals surface area contributed by atoms with Crippen LogP contribution in [-0.2, 0) is 10.0 Å². The molecule has 0 aromatic carbocycles. The van der Waals surface area contributed by atoms with E-state index in [9.17, 15) is 8.42 Å². The molecule has 1 aromatic heterocycles.